The van der Waals surface area contributed by atoms with Gasteiger partial charge in [0.05, 0.1) is 65.7 Å². The normalized spacial score (nSPS) is 15.1. The molecule has 344 valence electrons. The van der Waals surface area contributed by atoms with Gasteiger partial charge in [0.2, 0.25) is 12.1 Å². The molecule has 0 aromatic carbocycles. The molecule has 8 nitrogen and oxygen atoms in total. The van der Waals surface area contributed by atoms with Crippen molar-refractivity contribution in [2.75, 3.05) is 67.7 Å². The van der Waals surface area contributed by atoms with Crippen LogP contribution in [-0.4, -0.2) is 112 Å². The van der Waals surface area contributed by atoms with Gasteiger partial charge in [-0.2, -0.15) is 0 Å². The van der Waals surface area contributed by atoms with Gasteiger partial charge in [0.25, 0.3) is 0 Å². The summed E-state index contributed by atoms with van der Waals surface area (Å²) in [5, 5.41) is 0. The molecule has 0 N–H and O–H groups in total. The summed E-state index contributed by atoms with van der Waals surface area (Å²) in [6, 6.07) is -0.725. The standard InChI is InChI=1S/C47H96N2O6.2HI/c1-13-15-17-19-21-23-25-27-29-32-36-48(9,42(44(50)52-11)40-54-46(3,4)5)38-34-31-35-39-49(10,43(45(51)53-12)41-55-47(6,7)8)37-33-30-28-26-24-22-20-18-16-14-2;;/h42-43H,13-41H2,1-12H3;2*1H/q+2;;/p-2/t42-,43-,48?,49?;;/m0../s1. The van der Waals surface area contributed by atoms with E-state index in [1.165, 1.54) is 130 Å². The number of rotatable bonds is 36. The maximum atomic E-state index is 13.3. The Balaban J connectivity index is -0.0000146. The lowest BCUT2D eigenvalue weighted by atomic mass is 10.0. The number of methoxy groups -OCH3 is 2. The fourth-order valence-corrected chi connectivity index (χ4v) is 7.83. The lowest BCUT2D eigenvalue weighted by Crippen LogP contribution is -3.00. The van der Waals surface area contributed by atoms with E-state index >= 15 is 0 Å². The molecule has 0 bridgehead atoms. The summed E-state index contributed by atoms with van der Waals surface area (Å²) in [7, 11) is 7.49. The monoisotopic (exact) mass is 1040 g/mol. The van der Waals surface area contributed by atoms with Crippen LogP contribution >= 0.6 is 0 Å². The van der Waals surface area contributed by atoms with E-state index in [1.54, 1.807) is 0 Å². The maximum absolute atomic E-state index is 13.3. The van der Waals surface area contributed by atoms with Crippen LogP contribution in [0, 0.1) is 0 Å². The minimum Gasteiger partial charge on any atom is -1.00 e. The Morgan fingerprint density at radius 2 is 0.632 bits per heavy atom. The molecule has 0 amide bonds. The summed E-state index contributed by atoms with van der Waals surface area (Å²) in [4.78, 5) is 26.7. The number of likely N-dealkylation sites (N-methyl/N-ethyl adjacent to an activating group) is 2. The zero-order chi connectivity index (χ0) is 41.6. The molecule has 0 saturated heterocycles. The van der Waals surface area contributed by atoms with Gasteiger partial charge in [0, 0.05) is 0 Å². The highest BCUT2D eigenvalue weighted by atomic mass is 127. The number of nitrogens with zero attached hydrogens (tertiary/aromatic N) is 2. The van der Waals surface area contributed by atoms with E-state index in [9.17, 15) is 9.59 Å². The number of halogens is 2. The van der Waals surface area contributed by atoms with Crippen LogP contribution in [0.3, 0.4) is 0 Å². The molecule has 0 spiro atoms. The summed E-state index contributed by atoms with van der Waals surface area (Å²) < 4.78 is 24.6. The van der Waals surface area contributed by atoms with E-state index in [0.29, 0.717) is 22.2 Å². The quantitative estimate of drug-likeness (QED) is 0.0352. The van der Waals surface area contributed by atoms with Crippen molar-refractivity contribution >= 4 is 11.9 Å². The van der Waals surface area contributed by atoms with Gasteiger partial charge in [-0.3, -0.25) is 0 Å². The molecule has 57 heavy (non-hydrogen) atoms. The SMILES string of the molecule is CCCCCCCCCCCC[N+](C)(CCCCC[N+](C)(CCCCCCCCCCCC)[C@@H](COC(C)(C)C)C(=O)OC)[C@@H](COC(C)(C)C)C(=O)OC.[I-].[I-]. The van der Waals surface area contributed by atoms with Crippen LogP contribution in [0.1, 0.15) is 203 Å². The summed E-state index contributed by atoms with van der Waals surface area (Å²) in [5.41, 5.74) is -0.671. The summed E-state index contributed by atoms with van der Waals surface area (Å²) in [6.45, 7) is 21.2. The molecule has 0 radical (unpaired) electrons. The van der Waals surface area contributed by atoms with Crippen LogP contribution in [0.2, 0.25) is 0 Å². The first kappa shape index (κ1) is 61.5. The molecule has 2 unspecified atom stereocenters. The van der Waals surface area contributed by atoms with Crippen LogP contribution in [0.25, 0.3) is 0 Å². The largest absolute Gasteiger partial charge is 1.00 e. The Morgan fingerprint density at radius 1 is 0.421 bits per heavy atom. The molecule has 0 aliphatic rings. The molecule has 0 rings (SSSR count). The average Bonchev–Trinajstić information content (AvgIpc) is 3.12. The summed E-state index contributed by atoms with van der Waals surface area (Å²) in [5.74, 6) is -0.362. The molecular formula is C47H96I2N2O6. The van der Waals surface area contributed by atoms with Crippen LogP contribution < -0.4 is 48.0 Å². The molecule has 10 heteroatoms. The lowest BCUT2D eigenvalue weighted by Gasteiger charge is -2.42. The first-order valence-electron chi connectivity index (χ1n) is 23.1. The van der Waals surface area contributed by atoms with Gasteiger partial charge >= 0.3 is 11.9 Å². The van der Waals surface area contributed by atoms with Crippen molar-refractivity contribution in [3.8, 4) is 0 Å². The molecule has 0 aromatic rings. The summed E-state index contributed by atoms with van der Waals surface area (Å²) in [6.07, 6.45) is 28.8. The minimum atomic E-state index is -0.363. The highest BCUT2D eigenvalue weighted by Crippen LogP contribution is 2.24. The first-order valence-corrected chi connectivity index (χ1v) is 23.1. The number of hydrogen-bond acceptors (Lipinski definition) is 6. The Hall–Kier alpha value is 0.240. The van der Waals surface area contributed by atoms with Crippen molar-refractivity contribution in [3.63, 3.8) is 0 Å². The van der Waals surface area contributed by atoms with Crippen LogP contribution in [0.5, 0.6) is 0 Å². The smallest absolute Gasteiger partial charge is 0.367 e. The fourth-order valence-electron chi connectivity index (χ4n) is 7.83. The van der Waals surface area contributed by atoms with Crippen LogP contribution in [-0.2, 0) is 28.5 Å². The topological polar surface area (TPSA) is 71.1 Å². The Bertz CT molecular complexity index is 885. The second kappa shape index (κ2) is 35.8. The fraction of sp³-hybridized carbons (Fsp3) is 0.957. The van der Waals surface area contributed by atoms with Gasteiger partial charge in [-0.05, 0) is 86.5 Å². The molecule has 4 atom stereocenters. The van der Waals surface area contributed by atoms with Crippen LogP contribution in [0.15, 0.2) is 0 Å². The number of esters is 2. The van der Waals surface area contributed by atoms with E-state index in [0.717, 1.165) is 58.3 Å². The number of carbonyl (C=O) groups is 2. The van der Waals surface area contributed by atoms with Crippen molar-refractivity contribution in [1.82, 2.24) is 0 Å². The van der Waals surface area contributed by atoms with Crippen molar-refractivity contribution in [2.45, 2.75) is 226 Å². The van der Waals surface area contributed by atoms with Gasteiger partial charge in [-0.25, -0.2) is 9.59 Å². The molecule has 0 aromatic heterocycles. The van der Waals surface area contributed by atoms with Crippen molar-refractivity contribution in [3.05, 3.63) is 0 Å². The van der Waals surface area contributed by atoms with E-state index < -0.39 is 0 Å². The predicted molar refractivity (Wildman–Crippen MR) is 232 cm³/mol. The second-order valence-electron chi connectivity index (χ2n) is 19.2. The van der Waals surface area contributed by atoms with Gasteiger partial charge < -0.3 is 75.9 Å². The average molecular weight is 1040 g/mol. The van der Waals surface area contributed by atoms with Gasteiger partial charge in [0.15, 0.2) is 0 Å². The molecule has 0 fully saturated rings. The third-order valence-electron chi connectivity index (χ3n) is 11.7. The zero-order valence-electron chi connectivity index (χ0n) is 39.8. The van der Waals surface area contributed by atoms with Crippen LogP contribution in [0.4, 0.5) is 0 Å². The van der Waals surface area contributed by atoms with E-state index in [-0.39, 0.29) is 83.2 Å². The van der Waals surface area contributed by atoms with E-state index in [4.69, 9.17) is 18.9 Å². The first-order chi connectivity index (χ1) is 26.0. The van der Waals surface area contributed by atoms with Gasteiger partial charge in [-0.15, -0.1) is 0 Å². The highest BCUT2D eigenvalue weighted by molar-refractivity contribution is 5.75. The van der Waals surface area contributed by atoms with Crippen molar-refractivity contribution in [1.29, 1.82) is 0 Å². The Kier molecular flexibility index (Phi) is 38.6. The molecule has 0 heterocycles. The highest BCUT2D eigenvalue weighted by Gasteiger charge is 2.41. The molecule has 0 aliphatic carbocycles. The number of hydrogen-bond donors (Lipinski definition) is 0. The zero-order valence-corrected chi connectivity index (χ0v) is 44.1. The Labute approximate surface area is 389 Å². The minimum absolute atomic E-state index is 0. The Morgan fingerprint density at radius 3 is 0.842 bits per heavy atom. The molecular weight excluding hydrogens is 942 g/mol. The van der Waals surface area contributed by atoms with Crippen molar-refractivity contribution in [2.24, 2.45) is 0 Å². The molecule has 0 aliphatic heterocycles. The lowest BCUT2D eigenvalue weighted by molar-refractivity contribution is -0.928. The van der Waals surface area contributed by atoms with Gasteiger partial charge in [0.1, 0.15) is 13.2 Å². The number of carbonyl (C=O) groups excluding carboxylic acids is 2. The van der Waals surface area contributed by atoms with E-state index in [2.05, 4.69) is 27.9 Å². The second-order valence-corrected chi connectivity index (χ2v) is 19.2. The third kappa shape index (κ3) is 31.7. The van der Waals surface area contributed by atoms with Crippen molar-refractivity contribution < 1.29 is 85.5 Å². The number of quaternary nitrogens is 2. The molecule has 0 saturated carbocycles. The van der Waals surface area contributed by atoms with E-state index in [1.807, 2.05) is 41.5 Å². The predicted octanol–water partition coefficient (Wildman–Crippen LogP) is 5.61. The third-order valence-corrected chi connectivity index (χ3v) is 11.7. The number of ether oxygens (including phenoxy) is 4. The number of unbranched alkanes of at least 4 members (excludes halogenated alkanes) is 20. The summed E-state index contributed by atoms with van der Waals surface area (Å²) >= 11 is 0. The maximum Gasteiger partial charge on any atom is 0.367 e. The van der Waals surface area contributed by atoms with Gasteiger partial charge in [-0.1, -0.05) is 117 Å².